The molecule has 0 heterocycles. The van der Waals surface area contributed by atoms with Gasteiger partial charge < -0.3 is 20.5 Å². The summed E-state index contributed by atoms with van der Waals surface area (Å²) in [5, 5.41) is 2.88. The molecule has 1 amide bonds. The van der Waals surface area contributed by atoms with Crippen molar-refractivity contribution in [2.24, 2.45) is 5.73 Å². The first-order chi connectivity index (χ1) is 8.96. The minimum Gasteiger partial charge on any atom is -0.373 e. The Labute approximate surface area is 111 Å². The Morgan fingerprint density at radius 1 is 1.37 bits per heavy atom. The predicted molar refractivity (Wildman–Crippen MR) is 70.2 cm³/mol. The van der Waals surface area contributed by atoms with Gasteiger partial charge in [0.05, 0.1) is 0 Å². The molecule has 1 rings (SSSR count). The Kier molecular flexibility index (Phi) is 5.72. The van der Waals surface area contributed by atoms with Gasteiger partial charge in [-0.1, -0.05) is 0 Å². The lowest BCUT2D eigenvalue weighted by molar-refractivity contribution is -0.127. The van der Waals surface area contributed by atoms with Crippen molar-refractivity contribution in [3.05, 3.63) is 29.6 Å². The summed E-state index contributed by atoms with van der Waals surface area (Å²) in [5.41, 5.74) is 6.56. The van der Waals surface area contributed by atoms with Gasteiger partial charge in [-0.05, 0) is 30.7 Å². The monoisotopic (exact) mass is 270 g/mol. The Bertz CT molecular complexity index is 416. The normalized spacial score (nSPS) is 12.5. The standard InChI is InChI=1S/C13H19FN2O3/c1-8-4-9(14)6-10(5-8)16-11(13(15)17)7-12(18-2)19-3/h4-6,11-12,16H,7H2,1-3H3,(H2,15,17). The molecule has 19 heavy (non-hydrogen) atoms. The Hall–Kier alpha value is -1.66. The molecule has 3 N–H and O–H groups in total. The Morgan fingerprint density at radius 3 is 2.47 bits per heavy atom. The van der Waals surface area contributed by atoms with Crippen LogP contribution in [-0.2, 0) is 14.3 Å². The van der Waals surface area contributed by atoms with Crippen LogP contribution in [-0.4, -0.2) is 32.5 Å². The summed E-state index contributed by atoms with van der Waals surface area (Å²) in [6.45, 7) is 1.76. The molecule has 0 fully saturated rings. The van der Waals surface area contributed by atoms with Crippen LogP contribution in [0, 0.1) is 12.7 Å². The minimum absolute atomic E-state index is 0.234. The fourth-order valence-electron chi connectivity index (χ4n) is 1.75. The second-order valence-electron chi connectivity index (χ2n) is 4.25. The predicted octanol–water partition coefficient (Wildman–Crippen LogP) is 1.41. The first-order valence-corrected chi connectivity index (χ1v) is 5.85. The van der Waals surface area contributed by atoms with E-state index in [2.05, 4.69) is 5.32 Å². The van der Waals surface area contributed by atoms with Crippen LogP contribution < -0.4 is 11.1 Å². The summed E-state index contributed by atoms with van der Waals surface area (Å²) < 4.78 is 23.3. The summed E-state index contributed by atoms with van der Waals surface area (Å²) >= 11 is 0. The largest absolute Gasteiger partial charge is 0.373 e. The van der Waals surface area contributed by atoms with Crippen molar-refractivity contribution in [1.29, 1.82) is 0 Å². The van der Waals surface area contributed by atoms with Crippen LogP contribution in [0.2, 0.25) is 0 Å². The van der Waals surface area contributed by atoms with Gasteiger partial charge in [0.2, 0.25) is 5.91 Å². The molecule has 6 heteroatoms. The molecular formula is C13H19FN2O3. The third kappa shape index (κ3) is 4.84. The highest BCUT2D eigenvalue weighted by molar-refractivity contribution is 5.83. The van der Waals surface area contributed by atoms with Crippen LogP contribution in [0.1, 0.15) is 12.0 Å². The molecule has 0 aliphatic rings. The van der Waals surface area contributed by atoms with Gasteiger partial charge in [-0.15, -0.1) is 0 Å². The number of nitrogens with one attached hydrogen (secondary N) is 1. The van der Waals surface area contributed by atoms with E-state index in [-0.39, 0.29) is 12.2 Å². The van der Waals surface area contributed by atoms with Crippen LogP contribution in [0.5, 0.6) is 0 Å². The van der Waals surface area contributed by atoms with Gasteiger partial charge in [0.15, 0.2) is 6.29 Å². The molecule has 0 aliphatic carbocycles. The first-order valence-electron chi connectivity index (χ1n) is 5.85. The number of hydrogen-bond donors (Lipinski definition) is 2. The van der Waals surface area contributed by atoms with Gasteiger partial charge >= 0.3 is 0 Å². The number of primary amides is 1. The van der Waals surface area contributed by atoms with Crippen LogP contribution in [0.4, 0.5) is 10.1 Å². The minimum atomic E-state index is -0.703. The van der Waals surface area contributed by atoms with Gasteiger partial charge in [0.1, 0.15) is 11.9 Å². The Balaban J connectivity index is 2.80. The van der Waals surface area contributed by atoms with E-state index < -0.39 is 18.2 Å². The van der Waals surface area contributed by atoms with E-state index in [0.717, 1.165) is 5.56 Å². The molecule has 0 aliphatic heterocycles. The van der Waals surface area contributed by atoms with Crippen molar-refractivity contribution in [2.75, 3.05) is 19.5 Å². The maximum atomic E-state index is 13.3. The van der Waals surface area contributed by atoms with Crippen molar-refractivity contribution < 1.29 is 18.7 Å². The fraction of sp³-hybridized carbons (Fsp3) is 0.462. The average Bonchev–Trinajstić information content (AvgIpc) is 2.32. The van der Waals surface area contributed by atoms with E-state index in [1.54, 1.807) is 13.0 Å². The summed E-state index contributed by atoms with van der Waals surface area (Å²) in [4.78, 5) is 11.4. The topological polar surface area (TPSA) is 73.6 Å². The van der Waals surface area contributed by atoms with E-state index >= 15 is 0 Å². The van der Waals surface area contributed by atoms with E-state index in [9.17, 15) is 9.18 Å². The molecule has 0 radical (unpaired) electrons. The number of rotatable bonds is 7. The van der Waals surface area contributed by atoms with Crippen LogP contribution in [0.3, 0.4) is 0 Å². The number of halogens is 1. The maximum Gasteiger partial charge on any atom is 0.240 e. The molecule has 1 atom stereocenters. The number of aryl methyl sites for hydroxylation is 1. The number of carbonyl (C=O) groups is 1. The maximum absolute atomic E-state index is 13.3. The highest BCUT2D eigenvalue weighted by Gasteiger charge is 2.21. The molecule has 0 saturated heterocycles. The highest BCUT2D eigenvalue weighted by Crippen LogP contribution is 2.16. The van der Waals surface area contributed by atoms with E-state index in [1.165, 1.54) is 26.4 Å². The molecule has 0 spiro atoms. The molecule has 0 aromatic heterocycles. The summed E-state index contributed by atoms with van der Waals surface area (Å²) in [6, 6.07) is 3.73. The smallest absolute Gasteiger partial charge is 0.240 e. The van der Waals surface area contributed by atoms with Gasteiger partial charge in [0.25, 0.3) is 0 Å². The molecule has 5 nitrogen and oxygen atoms in total. The van der Waals surface area contributed by atoms with Crippen LogP contribution in [0.25, 0.3) is 0 Å². The van der Waals surface area contributed by atoms with Crippen molar-refractivity contribution in [3.63, 3.8) is 0 Å². The molecular weight excluding hydrogens is 251 g/mol. The third-order valence-electron chi connectivity index (χ3n) is 2.68. The van der Waals surface area contributed by atoms with Gasteiger partial charge in [-0.2, -0.15) is 0 Å². The van der Waals surface area contributed by atoms with Crippen molar-refractivity contribution >= 4 is 11.6 Å². The number of carbonyl (C=O) groups excluding carboxylic acids is 1. The number of anilines is 1. The second kappa shape index (κ2) is 7.06. The average molecular weight is 270 g/mol. The van der Waals surface area contributed by atoms with Crippen molar-refractivity contribution in [3.8, 4) is 0 Å². The first kappa shape index (κ1) is 15.4. The van der Waals surface area contributed by atoms with Crippen LogP contribution >= 0.6 is 0 Å². The van der Waals surface area contributed by atoms with E-state index in [0.29, 0.717) is 5.69 Å². The van der Waals surface area contributed by atoms with Gasteiger partial charge in [0, 0.05) is 26.3 Å². The lowest BCUT2D eigenvalue weighted by atomic mass is 10.1. The summed E-state index contributed by atoms with van der Waals surface area (Å²) in [7, 11) is 2.94. The highest BCUT2D eigenvalue weighted by atomic mass is 19.1. The molecule has 1 aromatic carbocycles. The zero-order valence-corrected chi connectivity index (χ0v) is 11.3. The van der Waals surface area contributed by atoms with Gasteiger partial charge in [-0.3, -0.25) is 4.79 Å². The number of nitrogens with two attached hydrogens (primary N) is 1. The second-order valence-corrected chi connectivity index (χ2v) is 4.25. The molecule has 1 unspecified atom stereocenters. The SMILES string of the molecule is COC(CC(Nc1cc(C)cc(F)c1)C(N)=O)OC. The molecule has 106 valence electrons. The van der Waals surface area contributed by atoms with Crippen molar-refractivity contribution in [1.82, 2.24) is 0 Å². The lowest BCUT2D eigenvalue weighted by Crippen LogP contribution is -2.39. The Morgan fingerprint density at radius 2 is 2.00 bits per heavy atom. The fourth-order valence-corrected chi connectivity index (χ4v) is 1.75. The van der Waals surface area contributed by atoms with Crippen molar-refractivity contribution in [2.45, 2.75) is 25.7 Å². The van der Waals surface area contributed by atoms with Gasteiger partial charge in [-0.25, -0.2) is 4.39 Å². The van der Waals surface area contributed by atoms with Crippen LogP contribution in [0.15, 0.2) is 18.2 Å². The summed E-state index contributed by atoms with van der Waals surface area (Å²) in [5.74, 6) is -0.929. The summed E-state index contributed by atoms with van der Waals surface area (Å²) in [6.07, 6.45) is -0.322. The van der Waals surface area contributed by atoms with E-state index in [1.807, 2.05) is 0 Å². The third-order valence-corrected chi connectivity index (χ3v) is 2.68. The quantitative estimate of drug-likeness (QED) is 0.735. The number of ether oxygens (including phenoxy) is 2. The zero-order chi connectivity index (χ0) is 14.4. The van der Waals surface area contributed by atoms with E-state index in [4.69, 9.17) is 15.2 Å². The molecule has 0 saturated carbocycles. The lowest BCUT2D eigenvalue weighted by Gasteiger charge is -2.21. The number of amides is 1. The number of methoxy groups -OCH3 is 2. The zero-order valence-electron chi connectivity index (χ0n) is 11.3. The molecule has 1 aromatic rings. The number of benzene rings is 1. The number of hydrogen-bond acceptors (Lipinski definition) is 4. The molecule has 0 bridgehead atoms.